The van der Waals surface area contributed by atoms with Gasteiger partial charge in [0.15, 0.2) is 0 Å². The van der Waals surface area contributed by atoms with Crippen molar-refractivity contribution in [3.05, 3.63) is 0 Å². The van der Waals surface area contributed by atoms with E-state index in [2.05, 4.69) is 20.8 Å². The Kier molecular flexibility index (Phi) is 1.14. The largest absolute Gasteiger partial charge is 0.0620 e. The quantitative estimate of drug-likeness (QED) is 0.546. The van der Waals surface area contributed by atoms with Gasteiger partial charge >= 0.3 is 0 Å². The van der Waals surface area contributed by atoms with Crippen LogP contribution in [0.25, 0.3) is 0 Å². The Balaban J connectivity index is 1.89. The molecule has 4 bridgehead atoms. The molecule has 7 unspecified atom stereocenters. The maximum absolute atomic E-state index is 2.61. The van der Waals surface area contributed by atoms with Crippen molar-refractivity contribution in [3.63, 3.8) is 0 Å². The first-order chi connectivity index (χ1) is 6.58. The van der Waals surface area contributed by atoms with Crippen LogP contribution in [0, 0.1) is 40.4 Å². The normalized spacial score (nSPS) is 73.5. The zero-order valence-electron chi connectivity index (χ0n) is 9.72. The van der Waals surface area contributed by atoms with Crippen LogP contribution < -0.4 is 0 Å². The van der Waals surface area contributed by atoms with E-state index in [1.807, 2.05) is 0 Å². The number of hydrogen-bond donors (Lipinski definition) is 0. The van der Waals surface area contributed by atoms with Gasteiger partial charge < -0.3 is 0 Å². The van der Waals surface area contributed by atoms with Crippen LogP contribution in [0.4, 0.5) is 0 Å². The van der Waals surface area contributed by atoms with Crippen molar-refractivity contribution in [1.29, 1.82) is 0 Å². The van der Waals surface area contributed by atoms with Gasteiger partial charge in [-0.3, -0.25) is 0 Å². The molecule has 4 fully saturated rings. The maximum atomic E-state index is 2.61. The highest BCUT2D eigenvalue weighted by Crippen LogP contribution is 2.81. The highest BCUT2D eigenvalue weighted by molar-refractivity contribution is 5.22. The number of fused-ring (bicyclic) bond motifs is 3. The molecule has 0 aromatic heterocycles. The first-order valence-corrected chi connectivity index (χ1v) is 6.58. The molecule has 0 N–H and O–H groups in total. The Labute approximate surface area is 87.5 Å². The molecule has 4 aliphatic carbocycles. The summed E-state index contributed by atoms with van der Waals surface area (Å²) in [6, 6.07) is 0. The van der Waals surface area contributed by atoms with Gasteiger partial charge in [0.1, 0.15) is 0 Å². The molecule has 0 nitrogen and oxygen atoms in total. The molecule has 0 saturated heterocycles. The molecule has 0 heteroatoms. The summed E-state index contributed by atoms with van der Waals surface area (Å²) >= 11 is 0. The van der Waals surface area contributed by atoms with E-state index in [9.17, 15) is 0 Å². The van der Waals surface area contributed by atoms with Crippen molar-refractivity contribution in [2.24, 2.45) is 40.4 Å². The second-order valence-electron chi connectivity index (χ2n) is 7.25. The second-order valence-corrected chi connectivity index (χ2v) is 7.25. The van der Waals surface area contributed by atoms with Crippen LogP contribution in [0.1, 0.15) is 46.5 Å². The third-order valence-electron chi connectivity index (χ3n) is 7.35. The molecule has 1 spiro atoms. The Morgan fingerprint density at radius 1 is 1.14 bits per heavy atom. The third kappa shape index (κ3) is 0.558. The lowest BCUT2D eigenvalue weighted by Gasteiger charge is -2.58. The molecule has 4 saturated carbocycles. The zero-order valence-corrected chi connectivity index (χ0v) is 9.72. The highest BCUT2D eigenvalue weighted by atomic mass is 14.8. The second kappa shape index (κ2) is 1.95. The van der Waals surface area contributed by atoms with Crippen molar-refractivity contribution in [3.8, 4) is 0 Å². The Morgan fingerprint density at radius 3 is 2.71 bits per heavy atom. The molecule has 78 valence electrons. The van der Waals surface area contributed by atoms with Crippen LogP contribution in [0.3, 0.4) is 0 Å². The van der Waals surface area contributed by atoms with E-state index in [1.54, 1.807) is 25.7 Å². The summed E-state index contributed by atoms with van der Waals surface area (Å²) in [6.07, 6.45) is 6.36. The third-order valence-corrected chi connectivity index (χ3v) is 7.35. The van der Waals surface area contributed by atoms with Crippen LogP contribution in [0.2, 0.25) is 0 Å². The van der Waals surface area contributed by atoms with Gasteiger partial charge in [0.25, 0.3) is 0 Å². The first-order valence-electron chi connectivity index (χ1n) is 6.58. The summed E-state index contributed by atoms with van der Waals surface area (Å²) < 4.78 is 0. The summed E-state index contributed by atoms with van der Waals surface area (Å²) in [5.74, 6) is 5.51. The van der Waals surface area contributed by atoms with Crippen molar-refractivity contribution in [2.75, 3.05) is 0 Å². The van der Waals surface area contributed by atoms with E-state index < -0.39 is 0 Å². The summed E-state index contributed by atoms with van der Waals surface area (Å²) in [5, 5.41) is 0. The van der Waals surface area contributed by atoms with Crippen molar-refractivity contribution in [1.82, 2.24) is 0 Å². The topological polar surface area (TPSA) is 0 Å². The van der Waals surface area contributed by atoms with E-state index in [0.29, 0.717) is 0 Å². The van der Waals surface area contributed by atoms with E-state index in [4.69, 9.17) is 0 Å². The van der Waals surface area contributed by atoms with Crippen LogP contribution in [0.15, 0.2) is 0 Å². The average Bonchev–Trinajstić information content (AvgIpc) is 2.60. The van der Waals surface area contributed by atoms with E-state index >= 15 is 0 Å². The molecule has 4 rings (SSSR count). The van der Waals surface area contributed by atoms with Gasteiger partial charge in [-0.2, -0.15) is 0 Å². The fraction of sp³-hybridized carbons (Fsp3) is 1.00. The molecular formula is C14H22. The minimum Gasteiger partial charge on any atom is -0.0620 e. The first kappa shape index (κ1) is 8.19. The van der Waals surface area contributed by atoms with E-state index in [1.165, 1.54) is 5.92 Å². The van der Waals surface area contributed by atoms with Gasteiger partial charge in [0.05, 0.1) is 0 Å². The minimum absolute atomic E-state index is 0.746. The lowest BCUT2D eigenvalue weighted by atomic mass is 9.46. The Bertz CT molecular complexity index is 305. The summed E-state index contributed by atoms with van der Waals surface area (Å²) in [4.78, 5) is 0. The molecule has 0 amide bonds. The van der Waals surface area contributed by atoms with Gasteiger partial charge in [-0.05, 0) is 66.1 Å². The molecule has 0 aliphatic heterocycles. The summed E-state index contributed by atoms with van der Waals surface area (Å²) in [5.41, 5.74) is 1.59. The predicted molar refractivity (Wildman–Crippen MR) is 57.8 cm³/mol. The zero-order chi connectivity index (χ0) is 9.72. The fourth-order valence-corrected chi connectivity index (χ4v) is 6.40. The summed E-state index contributed by atoms with van der Waals surface area (Å²) in [7, 11) is 0. The van der Waals surface area contributed by atoms with Crippen LogP contribution in [-0.2, 0) is 0 Å². The molecule has 0 aromatic carbocycles. The molecule has 7 atom stereocenters. The Hall–Kier alpha value is 0. The molecular weight excluding hydrogens is 168 g/mol. The predicted octanol–water partition coefficient (Wildman–Crippen LogP) is 3.71. The summed E-state index contributed by atoms with van der Waals surface area (Å²) in [6.45, 7) is 7.71. The number of rotatable bonds is 0. The lowest BCUT2D eigenvalue weighted by Crippen LogP contribution is -2.52. The molecule has 14 heavy (non-hydrogen) atoms. The van der Waals surface area contributed by atoms with Crippen LogP contribution in [-0.4, -0.2) is 0 Å². The minimum atomic E-state index is 0.746. The SMILES string of the molecule is CC1CC23CC1(C)C1CC(C2C)C3C1. The molecule has 0 aromatic rings. The van der Waals surface area contributed by atoms with Crippen molar-refractivity contribution in [2.45, 2.75) is 46.5 Å². The smallest absolute Gasteiger partial charge is 0.0230 e. The van der Waals surface area contributed by atoms with Gasteiger partial charge in [-0.25, -0.2) is 0 Å². The van der Waals surface area contributed by atoms with Gasteiger partial charge in [-0.1, -0.05) is 20.8 Å². The maximum Gasteiger partial charge on any atom is -0.0230 e. The standard InChI is InChI=1S/C14H22/c1-8-6-14-7-13(8,3)10-4-11(9(14)2)12(14)5-10/h8-12H,4-7H2,1-3H3. The molecule has 0 heterocycles. The van der Waals surface area contributed by atoms with Gasteiger partial charge in [0.2, 0.25) is 0 Å². The van der Waals surface area contributed by atoms with Gasteiger partial charge in [0, 0.05) is 0 Å². The van der Waals surface area contributed by atoms with Gasteiger partial charge in [-0.15, -0.1) is 0 Å². The molecule has 0 radical (unpaired) electrons. The van der Waals surface area contributed by atoms with E-state index in [0.717, 1.165) is 34.5 Å². The average molecular weight is 190 g/mol. The Morgan fingerprint density at radius 2 is 1.93 bits per heavy atom. The number of hydrogen-bond acceptors (Lipinski definition) is 0. The highest BCUT2D eigenvalue weighted by Gasteiger charge is 2.74. The van der Waals surface area contributed by atoms with Crippen LogP contribution >= 0.6 is 0 Å². The fourth-order valence-electron chi connectivity index (χ4n) is 6.40. The van der Waals surface area contributed by atoms with Crippen molar-refractivity contribution >= 4 is 0 Å². The van der Waals surface area contributed by atoms with Crippen molar-refractivity contribution < 1.29 is 0 Å². The van der Waals surface area contributed by atoms with Crippen LogP contribution in [0.5, 0.6) is 0 Å². The molecule has 4 aliphatic rings. The lowest BCUT2D eigenvalue weighted by molar-refractivity contribution is -0.103. The monoisotopic (exact) mass is 190 g/mol. The van der Waals surface area contributed by atoms with E-state index in [-0.39, 0.29) is 0 Å².